The highest BCUT2D eigenvalue weighted by Gasteiger charge is 2.13. The fraction of sp³-hybridized carbons (Fsp3) is 0.188. The lowest BCUT2D eigenvalue weighted by Crippen LogP contribution is -2.26. The van der Waals surface area contributed by atoms with E-state index in [1.807, 2.05) is 25.4 Å². The van der Waals surface area contributed by atoms with Gasteiger partial charge in [-0.25, -0.2) is 4.68 Å². The van der Waals surface area contributed by atoms with E-state index in [2.05, 4.69) is 15.5 Å². The van der Waals surface area contributed by atoms with Gasteiger partial charge in [-0.3, -0.25) is 9.48 Å². The molecule has 0 aliphatic rings. The Morgan fingerprint density at radius 2 is 2.12 bits per heavy atom. The average Bonchev–Trinajstić information content (AvgIpc) is 3.21. The molecule has 124 valence electrons. The van der Waals surface area contributed by atoms with Gasteiger partial charge in [-0.1, -0.05) is 23.7 Å². The van der Waals surface area contributed by atoms with Crippen molar-refractivity contribution in [2.45, 2.75) is 13.3 Å². The molecule has 7 nitrogen and oxygen atoms in total. The molecule has 0 atom stereocenters. The number of para-hydroxylation sites is 1. The Balaban J connectivity index is 1.62. The van der Waals surface area contributed by atoms with E-state index in [9.17, 15) is 4.79 Å². The van der Waals surface area contributed by atoms with Gasteiger partial charge in [-0.15, -0.1) is 0 Å². The molecule has 0 saturated carbocycles. The van der Waals surface area contributed by atoms with Crippen molar-refractivity contribution in [2.24, 2.45) is 7.05 Å². The molecule has 1 aromatic carbocycles. The van der Waals surface area contributed by atoms with Gasteiger partial charge in [0.1, 0.15) is 11.4 Å². The van der Waals surface area contributed by atoms with E-state index in [0.29, 0.717) is 23.0 Å². The molecule has 0 radical (unpaired) electrons. The van der Waals surface area contributed by atoms with Crippen LogP contribution >= 0.6 is 11.6 Å². The first kappa shape index (κ1) is 16.1. The third kappa shape index (κ3) is 3.75. The molecule has 0 spiro atoms. The molecule has 0 aliphatic carbocycles. The Morgan fingerprint density at radius 3 is 2.88 bits per heavy atom. The van der Waals surface area contributed by atoms with E-state index in [1.165, 1.54) is 4.68 Å². The van der Waals surface area contributed by atoms with Gasteiger partial charge in [0.15, 0.2) is 6.73 Å². The van der Waals surface area contributed by atoms with Crippen molar-refractivity contribution < 1.29 is 9.53 Å². The van der Waals surface area contributed by atoms with Crippen LogP contribution in [0.25, 0.3) is 0 Å². The third-order valence-electron chi connectivity index (χ3n) is 3.34. The molecule has 0 fully saturated rings. The van der Waals surface area contributed by atoms with Crippen molar-refractivity contribution >= 4 is 17.5 Å². The number of nitrogens with one attached hydrogen (secondary N) is 1. The molecule has 2 heterocycles. The normalized spacial score (nSPS) is 10.6. The van der Waals surface area contributed by atoms with Gasteiger partial charge in [0.2, 0.25) is 0 Å². The lowest BCUT2D eigenvalue weighted by atomic mass is 10.3. The summed E-state index contributed by atoms with van der Waals surface area (Å²) in [5, 5.41) is 11.5. The molecule has 24 heavy (non-hydrogen) atoms. The van der Waals surface area contributed by atoms with Crippen molar-refractivity contribution in [1.29, 1.82) is 0 Å². The molecule has 0 saturated heterocycles. The number of rotatable bonds is 6. The van der Waals surface area contributed by atoms with Gasteiger partial charge in [-0.05, 0) is 18.2 Å². The van der Waals surface area contributed by atoms with Gasteiger partial charge in [0, 0.05) is 31.5 Å². The molecule has 3 rings (SSSR count). The minimum absolute atomic E-state index is 0.0897. The maximum atomic E-state index is 12.3. The number of ether oxygens (including phenoxy) is 1. The van der Waals surface area contributed by atoms with Crippen LogP contribution in [0.5, 0.6) is 5.75 Å². The highest BCUT2D eigenvalue weighted by atomic mass is 35.5. The highest BCUT2D eigenvalue weighted by molar-refractivity contribution is 6.32. The quantitative estimate of drug-likeness (QED) is 0.743. The molecule has 0 bridgehead atoms. The maximum Gasteiger partial charge on any atom is 0.269 e. The third-order valence-corrected chi connectivity index (χ3v) is 3.65. The molecule has 1 N–H and O–H groups in total. The van der Waals surface area contributed by atoms with Crippen LogP contribution in [0.4, 0.5) is 0 Å². The number of carbonyl (C=O) groups excluding carboxylic acids is 1. The number of aromatic nitrogens is 4. The second-order valence-electron chi connectivity index (χ2n) is 5.12. The molecule has 3 aromatic rings. The fourth-order valence-electron chi connectivity index (χ4n) is 2.16. The summed E-state index contributed by atoms with van der Waals surface area (Å²) in [5.41, 5.74) is 1.33. The number of nitrogens with zero attached hydrogens (tertiary/aromatic N) is 4. The standard InChI is InChI=1S/C16H16ClN5O2/c1-21-10-12(9-20-21)8-18-16(23)14-6-7-19-22(14)11-24-15-5-3-2-4-13(15)17/h2-7,9-10H,8,11H2,1H3,(H,18,23). The number of amides is 1. The summed E-state index contributed by atoms with van der Waals surface area (Å²) in [7, 11) is 1.83. The van der Waals surface area contributed by atoms with Crippen LogP contribution < -0.4 is 10.1 Å². The number of aryl methyl sites for hydroxylation is 1. The fourth-order valence-corrected chi connectivity index (χ4v) is 2.35. The second-order valence-corrected chi connectivity index (χ2v) is 5.53. The summed E-state index contributed by atoms with van der Waals surface area (Å²) < 4.78 is 8.77. The van der Waals surface area contributed by atoms with Gasteiger partial charge >= 0.3 is 0 Å². The number of hydrogen-bond acceptors (Lipinski definition) is 4. The van der Waals surface area contributed by atoms with E-state index in [1.54, 1.807) is 35.3 Å². The first-order valence-corrected chi connectivity index (χ1v) is 7.66. The molecule has 8 heteroatoms. The Labute approximate surface area is 143 Å². The number of halogens is 1. The smallest absolute Gasteiger partial charge is 0.269 e. The van der Waals surface area contributed by atoms with Crippen LogP contribution in [0.2, 0.25) is 5.02 Å². The Morgan fingerprint density at radius 1 is 1.29 bits per heavy atom. The first-order chi connectivity index (χ1) is 11.6. The van der Waals surface area contributed by atoms with Gasteiger partial charge < -0.3 is 10.1 Å². The SMILES string of the molecule is Cn1cc(CNC(=O)c2ccnn2COc2ccccc2Cl)cn1. The first-order valence-electron chi connectivity index (χ1n) is 7.28. The molecule has 0 unspecified atom stereocenters. The van der Waals surface area contributed by atoms with Crippen LogP contribution in [-0.2, 0) is 20.3 Å². The zero-order valence-corrected chi connectivity index (χ0v) is 13.8. The monoisotopic (exact) mass is 345 g/mol. The minimum Gasteiger partial charge on any atom is -0.470 e. The van der Waals surface area contributed by atoms with E-state index in [4.69, 9.17) is 16.3 Å². The van der Waals surface area contributed by atoms with E-state index in [0.717, 1.165) is 5.56 Å². The second kappa shape index (κ2) is 7.18. The van der Waals surface area contributed by atoms with Crippen LogP contribution in [0.1, 0.15) is 16.1 Å². The predicted octanol–water partition coefficient (Wildman–Crippen LogP) is 2.24. The summed E-state index contributed by atoms with van der Waals surface area (Å²) >= 11 is 6.04. The number of benzene rings is 1. The van der Waals surface area contributed by atoms with E-state index < -0.39 is 0 Å². The predicted molar refractivity (Wildman–Crippen MR) is 88.7 cm³/mol. The summed E-state index contributed by atoms with van der Waals surface area (Å²) in [6, 6.07) is 8.77. The van der Waals surface area contributed by atoms with Gasteiger partial charge in [0.05, 0.1) is 11.2 Å². The number of carbonyl (C=O) groups is 1. The maximum absolute atomic E-state index is 12.3. The summed E-state index contributed by atoms with van der Waals surface area (Å²) in [5.74, 6) is 0.301. The van der Waals surface area contributed by atoms with E-state index >= 15 is 0 Å². The average molecular weight is 346 g/mol. The van der Waals surface area contributed by atoms with Gasteiger partial charge in [0.25, 0.3) is 5.91 Å². The highest BCUT2D eigenvalue weighted by Crippen LogP contribution is 2.23. The summed E-state index contributed by atoms with van der Waals surface area (Å²) in [6.07, 6.45) is 5.10. The zero-order valence-electron chi connectivity index (χ0n) is 13.0. The van der Waals surface area contributed by atoms with Crippen LogP contribution in [0.15, 0.2) is 48.9 Å². The van der Waals surface area contributed by atoms with Crippen molar-refractivity contribution in [1.82, 2.24) is 24.9 Å². The summed E-state index contributed by atoms with van der Waals surface area (Å²) in [4.78, 5) is 12.3. The molecule has 2 aromatic heterocycles. The zero-order chi connectivity index (χ0) is 16.9. The van der Waals surface area contributed by atoms with E-state index in [-0.39, 0.29) is 12.6 Å². The Bertz CT molecular complexity index is 842. The Kier molecular flexibility index (Phi) is 4.81. The molecular formula is C16H16ClN5O2. The lowest BCUT2D eigenvalue weighted by molar-refractivity contribution is 0.0929. The van der Waals surface area contributed by atoms with Crippen molar-refractivity contribution in [2.75, 3.05) is 0 Å². The topological polar surface area (TPSA) is 74.0 Å². The Hall–Kier alpha value is -2.80. The van der Waals surface area contributed by atoms with Gasteiger partial charge in [-0.2, -0.15) is 10.2 Å². The number of hydrogen-bond donors (Lipinski definition) is 1. The molecule has 1 amide bonds. The minimum atomic E-state index is -0.237. The van der Waals surface area contributed by atoms with Crippen LogP contribution in [-0.4, -0.2) is 25.5 Å². The molecular weight excluding hydrogens is 330 g/mol. The summed E-state index contributed by atoms with van der Waals surface area (Å²) in [6.45, 7) is 0.482. The van der Waals surface area contributed by atoms with Crippen molar-refractivity contribution in [3.8, 4) is 5.75 Å². The van der Waals surface area contributed by atoms with Crippen molar-refractivity contribution in [3.05, 3.63) is 65.2 Å². The van der Waals surface area contributed by atoms with Crippen LogP contribution in [0, 0.1) is 0 Å². The van der Waals surface area contributed by atoms with Crippen LogP contribution in [0.3, 0.4) is 0 Å². The van der Waals surface area contributed by atoms with Crippen molar-refractivity contribution in [3.63, 3.8) is 0 Å². The molecule has 0 aliphatic heterocycles. The lowest BCUT2D eigenvalue weighted by Gasteiger charge is -2.10. The largest absolute Gasteiger partial charge is 0.470 e.